The molecule has 0 N–H and O–H groups in total. The van der Waals surface area contributed by atoms with Gasteiger partial charge in [-0.05, 0) is 39.8 Å². The van der Waals surface area contributed by atoms with Crippen molar-refractivity contribution in [1.29, 1.82) is 0 Å². The lowest BCUT2D eigenvalue weighted by Crippen LogP contribution is -2.40. The van der Waals surface area contributed by atoms with Crippen molar-refractivity contribution < 1.29 is 19.0 Å². The third kappa shape index (κ3) is 5.58. The van der Waals surface area contributed by atoms with Crippen molar-refractivity contribution in [2.24, 2.45) is 0 Å². The van der Waals surface area contributed by atoms with Crippen molar-refractivity contribution in [2.75, 3.05) is 20.3 Å². The SMILES string of the molecule is COC[C@H](C)Oc1nc(-c2ccc(Cl)nc2)nc2c1CN(C(=O)OC(C)(C)C)CC2. The van der Waals surface area contributed by atoms with Gasteiger partial charge in [-0.15, -0.1) is 0 Å². The highest BCUT2D eigenvalue weighted by molar-refractivity contribution is 6.29. The Balaban J connectivity index is 1.94. The van der Waals surface area contributed by atoms with Gasteiger partial charge in [-0.3, -0.25) is 0 Å². The predicted molar refractivity (Wildman–Crippen MR) is 113 cm³/mol. The second-order valence-corrected chi connectivity index (χ2v) is 8.57. The molecule has 1 atom stereocenters. The summed E-state index contributed by atoms with van der Waals surface area (Å²) in [5, 5.41) is 0.398. The van der Waals surface area contributed by atoms with Crippen molar-refractivity contribution in [3.8, 4) is 17.3 Å². The lowest BCUT2D eigenvalue weighted by atomic mass is 10.1. The molecule has 3 heterocycles. The number of carbonyl (C=O) groups excluding carboxylic acids is 1. The van der Waals surface area contributed by atoms with Gasteiger partial charge in [0.05, 0.1) is 24.4 Å². The predicted octanol–water partition coefficient (Wildman–Crippen LogP) is 3.90. The van der Waals surface area contributed by atoms with Gasteiger partial charge in [0.15, 0.2) is 5.82 Å². The first-order valence-corrected chi connectivity index (χ1v) is 10.2. The van der Waals surface area contributed by atoms with Gasteiger partial charge in [-0.1, -0.05) is 11.6 Å². The Kier molecular flexibility index (Phi) is 6.77. The van der Waals surface area contributed by atoms with E-state index in [1.807, 2.05) is 33.8 Å². The minimum absolute atomic E-state index is 0.220. The molecule has 3 rings (SSSR count). The number of hydrogen-bond acceptors (Lipinski definition) is 7. The van der Waals surface area contributed by atoms with Crippen LogP contribution >= 0.6 is 11.6 Å². The summed E-state index contributed by atoms with van der Waals surface area (Å²) in [4.78, 5) is 27.7. The van der Waals surface area contributed by atoms with E-state index in [0.29, 0.717) is 43.0 Å². The summed E-state index contributed by atoms with van der Waals surface area (Å²) >= 11 is 5.90. The molecule has 0 unspecified atom stereocenters. The number of carbonyl (C=O) groups is 1. The van der Waals surface area contributed by atoms with Crippen molar-refractivity contribution in [3.05, 3.63) is 34.7 Å². The maximum absolute atomic E-state index is 12.6. The second-order valence-electron chi connectivity index (χ2n) is 8.18. The Morgan fingerprint density at radius 3 is 2.70 bits per heavy atom. The molecule has 8 nitrogen and oxygen atoms in total. The van der Waals surface area contributed by atoms with E-state index in [0.717, 1.165) is 16.8 Å². The maximum atomic E-state index is 12.6. The van der Waals surface area contributed by atoms with E-state index in [1.165, 1.54) is 0 Å². The maximum Gasteiger partial charge on any atom is 0.410 e. The molecule has 0 aromatic carbocycles. The highest BCUT2D eigenvalue weighted by Gasteiger charge is 2.30. The molecule has 0 aliphatic carbocycles. The average Bonchev–Trinajstić information content (AvgIpc) is 2.67. The summed E-state index contributed by atoms with van der Waals surface area (Å²) in [7, 11) is 1.62. The highest BCUT2D eigenvalue weighted by Crippen LogP contribution is 2.30. The summed E-state index contributed by atoms with van der Waals surface area (Å²) in [5.41, 5.74) is 1.79. The van der Waals surface area contributed by atoms with Gasteiger partial charge in [0.2, 0.25) is 5.88 Å². The number of pyridine rings is 1. The number of methoxy groups -OCH3 is 1. The molecule has 0 fully saturated rings. The number of rotatable bonds is 5. The standard InChI is InChI=1S/C21H27ClN4O4/c1-13(12-28-5)29-19-15-11-26(20(27)30-21(2,3)4)9-8-16(15)24-18(25-19)14-6-7-17(22)23-10-14/h6-7,10,13H,8-9,11-12H2,1-5H3/t13-/m0/s1. The van der Waals surface area contributed by atoms with Crippen LogP contribution in [-0.4, -0.2) is 57.9 Å². The molecule has 0 radical (unpaired) electrons. The van der Waals surface area contributed by atoms with Crippen LogP contribution in [0.15, 0.2) is 18.3 Å². The van der Waals surface area contributed by atoms with Crippen molar-refractivity contribution in [1.82, 2.24) is 19.9 Å². The fourth-order valence-corrected chi connectivity index (χ4v) is 3.17. The van der Waals surface area contributed by atoms with Gasteiger partial charge in [0.1, 0.15) is 16.9 Å². The smallest absolute Gasteiger partial charge is 0.410 e. The van der Waals surface area contributed by atoms with E-state index in [2.05, 4.69) is 9.97 Å². The molecule has 9 heteroatoms. The number of nitrogens with zero attached hydrogens (tertiary/aromatic N) is 4. The zero-order valence-corrected chi connectivity index (χ0v) is 18.7. The quantitative estimate of drug-likeness (QED) is 0.659. The number of fused-ring (bicyclic) bond motifs is 1. The van der Waals surface area contributed by atoms with Crippen LogP contribution in [0.2, 0.25) is 5.15 Å². The monoisotopic (exact) mass is 434 g/mol. The molecule has 0 saturated heterocycles. The van der Waals surface area contributed by atoms with Gasteiger partial charge < -0.3 is 19.1 Å². The molecule has 1 aliphatic rings. The molecule has 0 saturated carbocycles. The lowest BCUT2D eigenvalue weighted by Gasteiger charge is -2.31. The van der Waals surface area contributed by atoms with Gasteiger partial charge in [0, 0.05) is 31.8 Å². The number of ether oxygens (including phenoxy) is 3. The number of halogens is 1. The normalized spacial score (nSPS) is 14.8. The molecular formula is C21H27ClN4O4. The first-order valence-electron chi connectivity index (χ1n) is 9.81. The van der Waals surface area contributed by atoms with E-state index in [4.69, 9.17) is 30.8 Å². The van der Waals surface area contributed by atoms with Crippen molar-refractivity contribution in [2.45, 2.75) is 52.4 Å². The Morgan fingerprint density at radius 2 is 2.07 bits per heavy atom. The average molecular weight is 435 g/mol. The number of aromatic nitrogens is 3. The third-order valence-electron chi connectivity index (χ3n) is 4.37. The van der Waals surface area contributed by atoms with Crippen LogP contribution in [0.5, 0.6) is 5.88 Å². The largest absolute Gasteiger partial charge is 0.472 e. The molecule has 1 amide bonds. The van der Waals surface area contributed by atoms with Crippen LogP contribution in [0.4, 0.5) is 4.79 Å². The minimum Gasteiger partial charge on any atom is -0.472 e. The molecular weight excluding hydrogens is 408 g/mol. The van der Waals surface area contributed by atoms with Gasteiger partial charge in [0.25, 0.3) is 0 Å². The third-order valence-corrected chi connectivity index (χ3v) is 4.60. The van der Waals surface area contributed by atoms with E-state index >= 15 is 0 Å². The van der Waals surface area contributed by atoms with E-state index in [1.54, 1.807) is 24.3 Å². The van der Waals surface area contributed by atoms with Crippen LogP contribution in [0.3, 0.4) is 0 Å². The molecule has 30 heavy (non-hydrogen) atoms. The minimum atomic E-state index is -0.564. The van der Waals surface area contributed by atoms with Gasteiger partial charge in [-0.25, -0.2) is 14.8 Å². The van der Waals surface area contributed by atoms with Crippen molar-refractivity contribution in [3.63, 3.8) is 0 Å². The number of amides is 1. The van der Waals surface area contributed by atoms with Crippen molar-refractivity contribution >= 4 is 17.7 Å². The summed E-state index contributed by atoms with van der Waals surface area (Å²) in [6, 6.07) is 3.51. The number of hydrogen-bond donors (Lipinski definition) is 0. The van der Waals surface area contributed by atoms with Crippen LogP contribution in [-0.2, 0) is 22.4 Å². The second kappa shape index (κ2) is 9.14. The fraction of sp³-hybridized carbons (Fsp3) is 0.524. The Hall–Kier alpha value is -2.45. The van der Waals surface area contributed by atoms with E-state index < -0.39 is 5.60 Å². The van der Waals surface area contributed by atoms with E-state index in [-0.39, 0.29) is 12.2 Å². The fourth-order valence-electron chi connectivity index (χ4n) is 3.06. The summed E-state index contributed by atoms with van der Waals surface area (Å²) in [5.74, 6) is 0.936. The molecule has 162 valence electrons. The zero-order chi connectivity index (χ0) is 21.9. The summed E-state index contributed by atoms with van der Waals surface area (Å²) < 4.78 is 16.8. The molecule has 0 bridgehead atoms. The zero-order valence-electron chi connectivity index (χ0n) is 17.9. The topological polar surface area (TPSA) is 86.7 Å². The lowest BCUT2D eigenvalue weighted by molar-refractivity contribution is 0.0217. The molecule has 2 aromatic rings. The van der Waals surface area contributed by atoms with Crippen LogP contribution in [0.1, 0.15) is 39.0 Å². The Bertz CT molecular complexity index is 899. The highest BCUT2D eigenvalue weighted by atomic mass is 35.5. The molecule has 2 aromatic heterocycles. The van der Waals surface area contributed by atoms with Gasteiger partial charge >= 0.3 is 6.09 Å². The molecule has 1 aliphatic heterocycles. The summed E-state index contributed by atoms with van der Waals surface area (Å²) in [6.07, 6.45) is 1.61. The van der Waals surface area contributed by atoms with Crippen LogP contribution in [0.25, 0.3) is 11.4 Å². The van der Waals surface area contributed by atoms with Gasteiger partial charge in [-0.2, -0.15) is 4.98 Å². The molecule has 0 spiro atoms. The van der Waals surface area contributed by atoms with Crippen LogP contribution < -0.4 is 4.74 Å². The Morgan fingerprint density at radius 1 is 1.30 bits per heavy atom. The van der Waals surface area contributed by atoms with Crippen LogP contribution in [0, 0.1) is 0 Å². The summed E-state index contributed by atoms with van der Waals surface area (Å²) in [6.45, 7) is 8.67. The Labute approximate surface area is 181 Å². The first-order chi connectivity index (χ1) is 14.2. The first kappa shape index (κ1) is 22.2. The van der Waals surface area contributed by atoms with E-state index in [9.17, 15) is 4.79 Å².